The highest BCUT2D eigenvalue weighted by molar-refractivity contribution is 6.19. The molecule has 34 heavy (non-hydrogen) atoms. The summed E-state index contributed by atoms with van der Waals surface area (Å²) < 4.78 is 16.2. The van der Waals surface area contributed by atoms with Crippen LogP contribution in [0, 0.1) is 0 Å². The van der Waals surface area contributed by atoms with Gasteiger partial charge in [-0.25, -0.2) is 4.99 Å². The Hall–Kier alpha value is -4.13. The lowest BCUT2D eigenvalue weighted by Crippen LogP contribution is -2.37. The Morgan fingerprint density at radius 1 is 0.853 bits per heavy atom. The summed E-state index contributed by atoms with van der Waals surface area (Å²) in [5, 5.41) is 3.05. The number of hydrogen-bond donors (Lipinski definition) is 1. The summed E-state index contributed by atoms with van der Waals surface area (Å²) in [7, 11) is 4.55. The summed E-state index contributed by atoms with van der Waals surface area (Å²) in [6.45, 7) is 2.06. The molecule has 3 aromatic carbocycles. The van der Waals surface area contributed by atoms with Crippen LogP contribution in [0.2, 0.25) is 0 Å². The van der Waals surface area contributed by atoms with Crippen molar-refractivity contribution in [1.29, 1.82) is 0 Å². The largest absolute Gasteiger partial charge is 0.493 e. The standard InChI is InChI=1S/C27H27N3O4/c1-5-19-24(17-11-7-6-8-12-17)26(29-21-14-10-9-13-20(21)28-19)30-27(31)18-15-22(32-2)25(34-4)23(16-18)33-3/h6-16,24H,5H2,1-4H3,(H,29,30,31)/t24-/m0/s1. The van der Waals surface area contributed by atoms with Crippen molar-refractivity contribution in [3.05, 3.63) is 77.9 Å². The van der Waals surface area contributed by atoms with Crippen molar-refractivity contribution in [3.8, 4) is 17.2 Å². The van der Waals surface area contributed by atoms with Crippen LogP contribution < -0.4 is 19.5 Å². The van der Waals surface area contributed by atoms with Gasteiger partial charge in [0.25, 0.3) is 5.91 Å². The van der Waals surface area contributed by atoms with Gasteiger partial charge in [-0.05, 0) is 36.2 Å². The quantitative estimate of drug-likeness (QED) is 0.533. The molecule has 4 rings (SSSR count). The number of nitrogens with one attached hydrogen (secondary N) is 1. The molecule has 0 saturated carbocycles. The lowest BCUT2D eigenvalue weighted by molar-refractivity contribution is 0.0975. The Morgan fingerprint density at radius 3 is 2.00 bits per heavy atom. The van der Waals surface area contributed by atoms with E-state index >= 15 is 0 Å². The molecule has 1 N–H and O–H groups in total. The summed E-state index contributed by atoms with van der Waals surface area (Å²) in [4.78, 5) is 23.2. The highest BCUT2D eigenvalue weighted by atomic mass is 16.5. The van der Waals surface area contributed by atoms with Crippen molar-refractivity contribution in [1.82, 2.24) is 5.32 Å². The van der Waals surface area contributed by atoms with E-state index in [1.54, 1.807) is 12.1 Å². The average Bonchev–Trinajstić information content (AvgIpc) is 3.04. The van der Waals surface area contributed by atoms with E-state index in [1.165, 1.54) is 21.3 Å². The van der Waals surface area contributed by atoms with Gasteiger partial charge in [-0.15, -0.1) is 0 Å². The zero-order valence-corrected chi connectivity index (χ0v) is 19.7. The molecule has 174 valence electrons. The molecule has 0 fully saturated rings. The van der Waals surface area contributed by atoms with Crippen molar-refractivity contribution in [2.24, 2.45) is 9.98 Å². The first-order valence-electron chi connectivity index (χ1n) is 11.0. The number of ether oxygens (including phenoxy) is 3. The van der Waals surface area contributed by atoms with E-state index < -0.39 is 0 Å². The first kappa shape index (κ1) is 23.0. The third-order valence-corrected chi connectivity index (χ3v) is 5.66. The first-order chi connectivity index (χ1) is 16.6. The summed E-state index contributed by atoms with van der Waals surface area (Å²) in [6.07, 6.45) is 0.701. The second-order valence-electron chi connectivity index (χ2n) is 7.65. The average molecular weight is 458 g/mol. The molecule has 0 aliphatic carbocycles. The third kappa shape index (κ3) is 4.50. The van der Waals surface area contributed by atoms with E-state index in [4.69, 9.17) is 24.2 Å². The van der Waals surface area contributed by atoms with Gasteiger partial charge in [-0.2, -0.15) is 0 Å². The lowest BCUT2D eigenvalue weighted by atomic mass is 9.91. The van der Waals surface area contributed by atoms with Gasteiger partial charge in [0.1, 0.15) is 5.84 Å². The molecule has 3 aromatic rings. The second kappa shape index (κ2) is 10.2. The second-order valence-corrected chi connectivity index (χ2v) is 7.65. The Morgan fingerprint density at radius 2 is 1.44 bits per heavy atom. The van der Waals surface area contributed by atoms with Crippen LogP contribution in [0.15, 0.2) is 76.7 Å². The minimum atomic E-state index is -0.339. The van der Waals surface area contributed by atoms with Crippen LogP contribution in [0.3, 0.4) is 0 Å². The van der Waals surface area contributed by atoms with E-state index in [-0.39, 0.29) is 11.8 Å². The van der Waals surface area contributed by atoms with E-state index in [0.717, 1.165) is 17.0 Å². The van der Waals surface area contributed by atoms with Gasteiger partial charge in [-0.3, -0.25) is 9.79 Å². The third-order valence-electron chi connectivity index (χ3n) is 5.66. The van der Waals surface area contributed by atoms with E-state index in [1.807, 2.05) is 54.6 Å². The van der Waals surface area contributed by atoms with Crippen molar-refractivity contribution < 1.29 is 19.0 Å². The number of fused-ring (bicyclic) bond motifs is 1. The molecule has 7 heteroatoms. The fourth-order valence-electron chi connectivity index (χ4n) is 4.00. The zero-order chi connectivity index (χ0) is 24.1. The Labute approximate surface area is 199 Å². The smallest absolute Gasteiger partial charge is 0.256 e. The van der Waals surface area contributed by atoms with Crippen LogP contribution in [0.5, 0.6) is 17.2 Å². The number of hydrogen-bond acceptors (Lipinski definition) is 6. The van der Waals surface area contributed by atoms with Gasteiger partial charge < -0.3 is 19.5 Å². The van der Waals surface area contributed by atoms with Crippen LogP contribution in [-0.2, 0) is 0 Å². The predicted molar refractivity (Wildman–Crippen MR) is 134 cm³/mol. The molecule has 0 spiro atoms. The fraction of sp³-hybridized carbons (Fsp3) is 0.222. The van der Waals surface area contributed by atoms with E-state index in [2.05, 4.69) is 12.2 Å². The number of aliphatic imine (C=N–C) groups is 2. The van der Waals surface area contributed by atoms with Gasteiger partial charge in [0.05, 0.1) is 38.6 Å². The van der Waals surface area contributed by atoms with Gasteiger partial charge in [-0.1, -0.05) is 49.4 Å². The predicted octanol–water partition coefficient (Wildman–Crippen LogP) is 5.45. The van der Waals surface area contributed by atoms with Crippen LogP contribution in [-0.4, -0.2) is 38.8 Å². The molecule has 1 aliphatic rings. The molecular weight excluding hydrogens is 430 g/mol. The van der Waals surface area contributed by atoms with Crippen molar-refractivity contribution >= 4 is 28.8 Å². The molecule has 0 aromatic heterocycles. The molecule has 0 radical (unpaired) electrons. The zero-order valence-electron chi connectivity index (χ0n) is 19.7. The van der Waals surface area contributed by atoms with Gasteiger partial charge >= 0.3 is 0 Å². The van der Waals surface area contributed by atoms with Crippen molar-refractivity contribution in [3.63, 3.8) is 0 Å². The highest BCUT2D eigenvalue weighted by Gasteiger charge is 2.28. The molecule has 1 aliphatic heterocycles. The molecule has 1 amide bonds. The molecule has 1 heterocycles. The minimum Gasteiger partial charge on any atom is -0.493 e. The Balaban J connectivity index is 1.80. The maximum atomic E-state index is 13.5. The number of carbonyl (C=O) groups is 1. The molecule has 7 nitrogen and oxygen atoms in total. The van der Waals surface area contributed by atoms with Crippen LogP contribution in [0.1, 0.15) is 35.2 Å². The molecule has 0 unspecified atom stereocenters. The van der Waals surface area contributed by atoms with Crippen LogP contribution in [0.25, 0.3) is 0 Å². The number of rotatable bonds is 6. The maximum Gasteiger partial charge on any atom is 0.256 e. The van der Waals surface area contributed by atoms with Gasteiger partial charge in [0, 0.05) is 11.3 Å². The maximum absolute atomic E-state index is 13.5. The monoisotopic (exact) mass is 457 g/mol. The summed E-state index contributed by atoms with van der Waals surface area (Å²) in [5.41, 5.74) is 3.75. The highest BCUT2D eigenvalue weighted by Crippen LogP contribution is 2.39. The number of amidine groups is 1. The number of nitrogens with zero attached hydrogens (tertiary/aromatic N) is 2. The van der Waals surface area contributed by atoms with Gasteiger partial charge in [0.15, 0.2) is 11.5 Å². The van der Waals surface area contributed by atoms with Crippen LogP contribution >= 0.6 is 0 Å². The molecule has 0 bridgehead atoms. The molecule has 1 atom stereocenters. The SMILES string of the molecule is CCC1=Nc2ccccc2N=C(NC(=O)c2cc(OC)c(OC)c(OC)c2)[C@H]1c1ccccc1. The van der Waals surface area contributed by atoms with Gasteiger partial charge in [0.2, 0.25) is 5.75 Å². The summed E-state index contributed by atoms with van der Waals surface area (Å²) in [5.74, 6) is 1.09. The number of para-hydroxylation sites is 2. The Bertz CT molecular complexity index is 1230. The molecular formula is C27H27N3O4. The number of carbonyl (C=O) groups excluding carboxylic acids is 1. The number of methoxy groups -OCH3 is 3. The Kier molecular flexibility index (Phi) is 6.92. The first-order valence-corrected chi connectivity index (χ1v) is 11.0. The summed E-state index contributed by atoms with van der Waals surface area (Å²) >= 11 is 0. The summed E-state index contributed by atoms with van der Waals surface area (Å²) in [6, 6.07) is 20.8. The van der Waals surface area contributed by atoms with Crippen LogP contribution in [0.4, 0.5) is 11.4 Å². The van der Waals surface area contributed by atoms with E-state index in [0.29, 0.717) is 40.8 Å². The normalized spacial score (nSPS) is 14.8. The minimum absolute atomic E-state index is 0.301. The van der Waals surface area contributed by atoms with Crippen molar-refractivity contribution in [2.75, 3.05) is 21.3 Å². The number of benzene rings is 3. The van der Waals surface area contributed by atoms with Crippen molar-refractivity contribution in [2.45, 2.75) is 19.3 Å². The topological polar surface area (TPSA) is 81.5 Å². The lowest BCUT2D eigenvalue weighted by Gasteiger charge is -2.21. The number of amides is 1. The van der Waals surface area contributed by atoms with E-state index in [9.17, 15) is 4.79 Å². The molecule has 0 saturated heterocycles. The fourth-order valence-corrected chi connectivity index (χ4v) is 4.00.